The highest BCUT2D eigenvalue weighted by Gasteiger charge is 2.26. The lowest BCUT2D eigenvalue weighted by atomic mass is 10.2. The number of hydrogen-bond acceptors (Lipinski definition) is 7. The van der Waals surface area contributed by atoms with Gasteiger partial charge in [-0.25, -0.2) is 13.4 Å². The summed E-state index contributed by atoms with van der Waals surface area (Å²) >= 11 is 1.45. The third kappa shape index (κ3) is 4.95. The van der Waals surface area contributed by atoms with Crippen molar-refractivity contribution >= 4 is 38.4 Å². The molecule has 1 aliphatic heterocycles. The second-order valence-corrected chi connectivity index (χ2v) is 10.3. The highest BCUT2D eigenvalue weighted by Crippen LogP contribution is 2.27. The topological polar surface area (TPSA) is 77.9 Å². The van der Waals surface area contributed by atoms with Gasteiger partial charge in [-0.3, -0.25) is 5.43 Å². The van der Waals surface area contributed by atoms with Crippen LogP contribution in [0.5, 0.6) is 0 Å². The molecule has 1 N–H and O–H groups in total. The van der Waals surface area contributed by atoms with E-state index >= 15 is 0 Å². The molecule has 0 bridgehead atoms. The number of hydrazone groups is 1. The van der Waals surface area contributed by atoms with E-state index in [1.165, 1.54) is 11.3 Å². The number of anilines is 2. The van der Waals surface area contributed by atoms with Crippen molar-refractivity contribution in [1.29, 1.82) is 0 Å². The van der Waals surface area contributed by atoms with Crippen molar-refractivity contribution in [3.05, 3.63) is 59.5 Å². The van der Waals surface area contributed by atoms with Crippen LogP contribution in [0.15, 0.2) is 63.9 Å². The molecular formula is C22H25N5O2S2. The molecular weight excluding hydrogens is 430 g/mol. The van der Waals surface area contributed by atoms with Crippen LogP contribution in [-0.4, -0.2) is 51.1 Å². The maximum atomic E-state index is 12.7. The van der Waals surface area contributed by atoms with E-state index in [4.69, 9.17) is 0 Å². The molecule has 0 radical (unpaired) electrons. The maximum absolute atomic E-state index is 12.7. The van der Waals surface area contributed by atoms with E-state index in [0.717, 1.165) is 35.3 Å². The van der Waals surface area contributed by atoms with Gasteiger partial charge in [0.2, 0.25) is 15.2 Å². The lowest BCUT2D eigenvalue weighted by Gasteiger charge is -2.15. The molecule has 1 saturated heterocycles. The van der Waals surface area contributed by atoms with Crippen molar-refractivity contribution in [2.75, 3.05) is 37.5 Å². The van der Waals surface area contributed by atoms with Gasteiger partial charge >= 0.3 is 0 Å². The molecule has 0 spiro atoms. The van der Waals surface area contributed by atoms with Gasteiger partial charge in [0.15, 0.2) is 0 Å². The van der Waals surface area contributed by atoms with Gasteiger partial charge in [0.1, 0.15) is 0 Å². The fourth-order valence-corrected chi connectivity index (χ4v) is 5.54. The van der Waals surface area contributed by atoms with Crippen molar-refractivity contribution in [2.24, 2.45) is 5.10 Å². The van der Waals surface area contributed by atoms with Gasteiger partial charge in [-0.05, 0) is 42.7 Å². The molecule has 162 valence electrons. The Morgan fingerprint density at radius 1 is 1.06 bits per heavy atom. The molecule has 1 fully saturated rings. The van der Waals surface area contributed by atoms with Crippen LogP contribution in [-0.2, 0) is 10.0 Å². The highest BCUT2D eigenvalue weighted by molar-refractivity contribution is 7.89. The molecule has 0 saturated carbocycles. The third-order valence-electron chi connectivity index (χ3n) is 5.14. The molecule has 0 aliphatic carbocycles. The predicted octanol–water partition coefficient (Wildman–Crippen LogP) is 4.11. The monoisotopic (exact) mass is 455 g/mol. The number of benzene rings is 2. The number of nitrogens with zero attached hydrogens (tertiary/aromatic N) is 4. The minimum atomic E-state index is -3.40. The van der Waals surface area contributed by atoms with Gasteiger partial charge in [-0.2, -0.15) is 9.41 Å². The van der Waals surface area contributed by atoms with E-state index in [1.807, 2.05) is 48.6 Å². The van der Waals surface area contributed by atoms with Crippen LogP contribution >= 0.6 is 11.3 Å². The van der Waals surface area contributed by atoms with Crippen molar-refractivity contribution in [1.82, 2.24) is 9.29 Å². The third-order valence-corrected chi connectivity index (χ3v) is 7.80. The van der Waals surface area contributed by atoms with Gasteiger partial charge < -0.3 is 4.90 Å². The summed E-state index contributed by atoms with van der Waals surface area (Å²) in [5.41, 5.74) is 6.73. The summed E-state index contributed by atoms with van der Waals surface area (Å²) in [5.74, 6) is 0. The van der Waals surface area contributed by atoms with E-state index in [0.29, 0.717) is 23.1 Å². The van der Waals surface area contributed by atoms with Crippen molar-refractivity contribution in [3.63, 3.8) is 0 Å². The fourth-order valence-electron chi connectivity index (χ4n) is 3.35. The fraction of sp³-hybridized carbons (Fsp3) is 0.273. The summed E-state index contributed by atoms with van der Waals surface area (Å²) in [5, 5.41) is 6.85. The van der Waals surface area contributed by atoms with Crippen molar-refractivity contribution < 1.29 is 8.42 Å². The lowest BCUT2D eigenvalue weighted by Crippen LogP contribution is -2.27. The highest BCUT2D eigenvalue weighted by atomic mass is 32.2. The molecule has 1 aromatic heterocycles. The first-order chi connectivity index (χ1) is 14.9. The Balaban J connectivity index is 1.40. The molecule has 2 heterocycles. The normalized spacial score (nSPS) is 14.9. The first kappa shape index (κ1) is 21.5. The molecule has 0 unspecified atom stereocenters. The minimum absolute atomic E-state index is 0.330. The summed E-state index contributed by atoms with van der Waals surface area (Å²) in [4.78, 5) is 6.92. The number of sulfonamides is 1. The van der Waals surface area contributed by atoms with Gasteiger partial charge in [0, 0.05) is 43.8 Å². The van der Waals surface area contributed by atoms with E-state index < -0.39 is 10.0 Å². The molecule has 31 heavy (non-hydrogen) atoms. The smallest absolute Gasteiger partial charge is 0.243 e. The van der Waals surface area contributed by atoms with Crippen LogP contribution in [0.2, 0.25) is 0 Å². The van der Waals surface area contributed by atoms with E-state index in [2.05, 4.69) is 15.5 Å². The number of rotatable bonds is 7. The largest absolute Gasteiger partial charge is 0.378 e. The predicted molar refractivity (Wildman–Crippen MR) is 128 cm³/mol. The van der Waals surface area contributed by atoms with Crippen molar-refractivity contribution in [3.8, 4) is 11.3 Å². The molecule has 7 nitrogen and oxygen atoms in total. The summed E-state index contributed by atoms with van der Waals surface area (Å²) < 4.78 is 26.9. The molecule has 1 aliphatic rings. The number of nitrogens with one attached hydrogen (secondary N) is 1. The summed E-state index contributed by atoms with van der Waals surface area (Å²) in [6, 6.07) is 15.0. The summed E-state index contributed by atoms with van der Waals surface area (Å²) in [7, 11) is 0.612. The zero-order valence-corrected chi connectivity index (χ0v) is 19.2. The second kappa shape index (κ2) is 9.17. The first-order valence-electron chi connectivity index (χ1n) is 10.1. The van der Waals surface area contributed by atoms with E-state index in [9.17, 15) is 8.42 Å². The molecule has 9 heteroatoms. The maximum Gasteiger partial charge on any atom is 0.243 e. The molecule has 4 rings (SSSR count). The lowest BCUT2D eigenvalue weighted by molar-refractivity contribution is 0.477. The number of hydrogen-bond donors (Lipinski definition) is 1. The molecule has 0 atom stereocenters. The minimum Gasteiger partial charge on any atom is -0.378 e. The van der Waals surface area contributed by atoms with Crippen LogP contribution in [0.25, 0.3) is 11.3 Å². The summed E-state index contributed by atoms with van der Waals surface area (Å²) in [6.45, 7) is 1.21. The van der Waals surface area contributed by atoms with Gasteiger partial charge in [0.05, 0.1) is 16.8 Å². The van der Waals surface area contributed by atoms with Gasteiger partial charge in [0.25, 0.3) is 0 Å². The Morgan fingerprint density at radius 2 is 1.74 bits per heavy atom. The Hall–Kier alpha value is -2.75. The quantitative estimate of drug-likeness (QED) is 0.429. The molecule has 3 aromatic rings. The van der Waals surface area contributed by atoms with Crippen LogP contribution in [0.4, 0.5) is 10.8 Å². The van der Waals surface area contributed by atoms with Crippen LogP contribution in [0, 0.1) is 0 Å². The first-order valence-corrected chi connectivity index (χ1v) is 12.4. The molecule has 0 amide bonds. The molecule has 2 aromatic carbocycles. The Morgan fingerprint density at radius 3 is 2.39 bits per heavy atom. The average Bonchev–Trinajstić information content (AvgIpc) is 3.47. The van der Waals surface area contributed by atoms with Crippen LogP contribution < -0.4 is 10.3 Å². The zero-order valence-electron chi connectivity index (χ0n) is 17.5. The SMILES string of the molecule is CN(C)c1ccc(/C=N/Nc2nc(-c3ccc(S(=O)(=O)N4CCCC4)cc3)cs2)cc1. The van der Waals surface area contributed by atoms with E-state index in [-0.39, 0.29) is 0 Å². The van der Waals surface area contributed by atoms with Crippen LogP contribution in [0.3, 0.4) is 0 Å². The van der Waals surface area contributed by atoms with Gasteiger partial charge in [-0.1, -0.05) is 24.3 Å². The Labute approximate surface area is 187 Å². The van der Waals surface area contributed by atoms with E-state index in [1.54, 1.807) is 34.8 Å². The van der Waals surface area contributed by atoms with Gasteiger partial charge in [-0.15, -0.1) is 11.3 Å². The number of aromatic nitrogens is 1. The standard InChI is InChI=1S/C22H25N5O2S2/c1-26(2)19-9-5-17(6-10-19)15-23-25-22-24-21(16-30-22)18-7-11-20(12-8-18)31(28,29)27-13-3-4-14-27/h5-12,15-16H,3-4,13-14H2,1-2H3,(H,24,25)/b23-15+. The Bertz CT molecular complexity index is 1150. The van der Waals surface area contributed by atoms with Crippen molar-refractivity contribution in [2.45, 2.75) is 17.7 Å². The van der Waals surface area contributed by atoms with Crippen LogP contribution in [0.1, 0.15) is 18.4 Å². The second-order valence-electron chi connectivity index (χ2n) is 7.53. The zero-order chi connectivity index (χ0) is 21.8. The average molecular weight is 456 g/mol. The number of thiazole rings is 1. The Kier molecular flexibility index (Phi) is 6.35. The summed E-state index contributed by atoms with van der Waals surface area (Å²) in [6.07, 6.45) is 3.60.